The molecule has 0 aromatic carbocycles. The van der Waals surface area contributed by atoms with Crippen molar-refractivity contribution in [2.24, 2.45) is 0 Å². The summed E-state index contributed by atoms with van der Waals surface area (Å²) in [4.78, 5) is 0.972. The maximum Gasteiger partial charge on any atom is 0.252 e. The molecule has 0 aliphatic heterocycles. The Labute approximate surface area is 110 Å². The molecular formula is C11H14N2O3S2. The van der Waals surface area contributed by atoms with E-state index in [9.17, 15) is 8.42 Å². The van der Waals surface area contributed by atoms with Gasteiger partial charge in [0.2, 0.25) is 0 Å². The van der Waals surface area contributed by atoms with Gasteiger partial charge in [0.1, 0.15) is 9.97 Å². The lowest BCUT2D eigenvalue weighted by atomic mass is 10.4. The molecule has 0 aliphatic rings. The van der Waals surface area contributed by atoms with Gasteiger partial charge in [-0.1, -0.05) is 5.16 Å². The first kappa shape index (κ1) is 13.3. The zero-order chi connectivity index (χ0) is 13.3. The van der Waals surface area contributed by atoms with Crippen molar-refractivity contribution in [2.45, 2.75) is 24.6 Å². The lowest BCUT2D eigenvalue weighted by Gasteiger charge is -2.13. The molecule has 0 bridgehead atoms. The molecule has 18 heavy (non-hydrogen) atoms. The standard InChI is InChI=1S/C11H14N2O3S2/c1-8-6-10(12-16-8)7-13(3)18(14,15)11-5-4-9(2)17-11/h4-6H,7H2,1-3H3. The van der Waals surface area contributed by atoms with Gasteiger partial charge in [0.15, 0.2) is 0 Å². The van der Waals surface area contributed by atoms with Crippen LogP contribution in [0.1, 0.15) is 16.3 Å². The van der Waals surface area contributed by atoms with Crippen molar-refractivity contribution < 1.29 is 12.9 Å². The van der Waals surface area contributed by atoms with Gasteiger partial charge in [-0.05, 0) is 26.0 Å². The minimum absolute atomic E-state index is 0.205. The summed E-state index contributed by atoms with van der Waals surface area (Å²) in [5.74, 6) is 0.669. The number of nitrogens with zero attached hydrogens (tertiary/aromatic N) is 2. The zero-order valence-electron chi connectivity index (χ0n) is 10.4. The molecule has 0 atom stereocenters. The molecule has 0 spiro atoms. The predicted molar refractivity (Wildman–Crippen MR) is 68.9 cm³/mol. The highest BCUT2D eigenvalue weighted by atomic mass is 32.2. The lowest BCUT2D eigenvalue weighted by Crippen LogP contribution is -2.25. The molecule has 0 amide bonds. The summed E-state index contributed by atoms with van der Waals surface area (Å²) < 4.78 is 31.0. The normalized spacial score (nSPS) is 12.2. The van der Waals surface area contributed by atoms with Crippen LogP contribution in [-0.4, -0.2) is 24.9 Å². The van der Waals surface area contributed by atoms with Gasteiger partial charge in [-0.3, -0.25) is 0 Å². The second-order valence-electron chi connectivity index (χ2n) is 4.06. The molecule has 5 nitrogen and oxygen atoms in total. The van der Waals surface area contributed by atoms with E-state index in [-0.39, 0.29) is 6.54 Å². The third-order valence-corrected chi connectivity index (χ3v) is 5.71. The third kappa shape index (κ3) is 2.63. The fourth-order valence-electron chi connectivity index (χ4n) is 1.51. The molecule has 0 saturated carbocycles. The molecule has 2 heterocycles. The Morgan fingerprint density at radius 2 is 2.11 bits per heavy atom. The fraction of sp³-hybridized carbons (Fsp3) is 0.364. The van der Waals surface area contributed by atoms with Crippen LogP contribution in [0.5, 0.6) is 0 Å². The first-order valence-corrected chi connectivity index (χ1v) is 7.60. The molecule has 0 saturated heterocycles. The molecule has 0 unspecified atom stereocenters. The molecule has 0 radical (unpaired) electrons. The van der Waals surface area contributed by atoms with Gasteiger partial charge >= 0.3 is 0 Å². The predicted octanol–water partition coefficient (Wildman–Crippen LogP) is 2.17. The summed E-state index contributed by atoms with van der Waals surface area (Å²) in [6.45, 7) is 3.86. The van der Waals surface area contributed by atoms with Crippen LogP contribution < -0.4 is 0 Å². The molecule has 98 valence electrons. The SMILES string of the molecule is Cc1cc(CN(C)S(=O)(=O)c2ccc(C)s2)no1. The second-order valence-corrected chi connectivity index (χ2v) is 7.61. The average molecular weight is 286 g/mol. The summed E-state index contributed by atoms with van der Waals surface area (Å²) in [6.07, 6.45) is 0. The van der Waals surface area contributed by atoms with Crippen LogP contribution >= 0.6 is 11.3 Å². The van der Waals surface area contributed by atoms with E-state index in [2.05, 4.69) is 5.16 Å². The van der Waals surface area contributed by atoms with Gasteiger partial charge in [0.25, 0.3) is 10.0 Å². The summed E-state index contributed by atoms with van der Waals surface area (Å²) in [5.41, 5.74) is 0.604. The van der Waals surface area contributed by atoms with E-state index in [1.807, 2.05) is 6.92 Å². The first-order valence-electron chi connectivity index (χ1n) is 5.34. The maximum atomic E-state index is 12.2. The van der Waals surface area contributed by atoms with E-state index in [0.29, 0.717) is 15.7 Å². The number of sulfonamides is 1. The second kappa shape index (κ2) is 4.83. The highest BCUT2D eigenvalue weighted by molar-refractivity contribution is 7.91. The summed E-state index contributed by atoms with van der Waals surface area (Å²) >= 11 is 1.27. The average Bonchev–Trinajstić information content (AvgIpc) is 2.88. The molecule has 0 aliphatic carbocycles. The fourth-order valence-corrected chi connectivity index (χ4v) is 4.15. The number of thiophene rings is 1. The van der Waals surface area contributed by atoms with Crippen LogP contribution in [0.2, 0.25) is 0 Å². The van der Waals surface area contributed by atoms with Gasteiger partial charge in [-0.15, -0.1) is 11.3 Å². The van der Waals surface area contributed by atoms with Crippen LogP contribution in [0.4, 0.5) is 0 Å². The van der Waals surface area contributed by atoms with E-state index in [1.54, 1.807) is 25.1 Å². The Morgan fingerprint density at radius 3 is 2.61 bits per heavy atom. The van der Waals surface area contributed by atoms with Gasteiger partial charge < -0.3 is 4.52 Å². The van der Waals surface area contributed by atoms with E-state index in [4.69, 9.17) is 4.52 Å². The van der Waals surface area contributed by atoms with Gasteiger partial charge in [-0.25, -0.2) is 8.42 Å². The number of rotatable bonds is 4. The largest absolute Gasteiger partial charge is 0.361 e. The topological polar surface area (TPSA) is 63.4 Å². The Kier molecular flexibility index (Phi) is 3.56. The Morgan fingerprint density at radius 1 is 1.39 bits per heavy atom. The van der Waals surface area contributed by atoms with Crippen LogP contribution in [0.15, 0.2) is 26.9 Å². The van der Waals surface area contributed by atoms with Crippen molar-refractivity contribution >= 4 is 21.4 Å². The molecule has 2 aromatic heterocycles. The lowest BCUT2D eigenvalue weighted by molar-refractivity contribution is 0.378. The molecule has 0 N–H and O–H groups in total. The van der Waals surface area contributed by atoms with Crippen LogP contribution in [0.25, 0.3) is 0 Å². The van der Waals surface area contributed by atoms with Crippen molar-refractivity contribution in [3.05, 3.63) is 34.5 Å². The highest BCUT2D eigenvalue weighted by Crippen LogP contribution is 2.24. The molecule has 2 rings (SSSR count). The van der Waals surface area contributed by atoms with Crippen LogP contribution in [-0.2, 0) is 16.6 Å². The van der Waals surface area contributed by atoms with Gasteiger partial charge in [0.05, 0.1) is 12.2 Å². The summed E-state index contributed by atoms with van der Waals surface area (Å²) in [5, 5.41) is 3.79. The van der Waals surface area contributed by atoms with Crippen LogP contribution in [0, 0.1) is 13.8 Å². The van der Waals surface area contributed by atoms with Crippen molar-refractivity contribution in [1.82, 2.24) is 9.46 Å². The van der Waals surface area contributed by atoms with Crippen molar-refractivity contribution in [1.29, 1.82) is 0 Å². The van der Waals surface area contributed by atoms with Gasteiger partial charge in [0, 0.05) is 18.0 Å². The zero-order valence-corrected chi connectivity index (χ0v) is 12.0. The number of hydrogen-bond donors (Lipinski definition) is 0. The summed E-state index contributed by atoms with van der Waals surface area (Å²) in [6, 6.07) is 5.15. The van der Waals surface area contributed by atoms with Crippen molar-refractivity contribution in [3.8, 4) is 0 Å². The first-order chi connectivity index (χ1) is 8.39. The number of hydrogen-bond acceptors (Lipinski definition) is 5. The van der Waals surface area contributed by atoms with E-state index in [0.717, 1.165) is 4.88 Å². The smallest absolute Gasteiger partial charge is 0.252 e. The summed E-state index contributed by atoms with van der Waals surface area (Å²) in [7, 11) is -1.90. The van der Waals surface area contributed by atoms with Crippen molar-refractivity contribution in [3.63, 3.8) is 0 Å². The molecule has 7 heteroatoms. The van der Waals surface area contributed by atoms with Gasteiger partial charge in [-0.2, -0.15) is 4.31 Å². The number of aromatic nitrogens is 1. The Bertz CT molecular complexity index is 643. The van der Waals surface area contributed by atoms with Crippen molar-refractivity contribution in [2.75, 3.05) is 7.05 Å². The quantitative estimate of drug-likeness (QED) is 0.864. The van der Waals surface area contributed by atoms with E-state index in [1.165, 1.54) is 22.7 Å². The molecule has 2 aromatic rings. The van der Waals surface area contributed by atoms with Crippen LogP contribution in [0.3, 0.4) is 0 Å². The van der Waals surface area contributed by atoms with E-state index >= 15 is 0 Å². The number of aryl methyl sites for hydroxylation is 2. The molecule has 0 fully saturated rings. The monoisotopic (exact) mass is 286 g/mol. The highest BCUT2D eigenvalue weighted by Gasteiger charge is 2.23. The molecular weight excluding hydrogens is 272 g/mol. The Hall–Kier alpha value is -1.18. The van der Waals surface area contributed by atoms with E-state index < -0.39 is 10.0 Å². The minimum Gasteiger partial charge on any atom is -0.361 e. The Balaban J connectivity index is 2.20. The maximum absolute atomic E-state index is 12.2. The minimum atomic E-state index is -3.44. The third-order valence-electron chi connectivity index (χ3n) is 2.44.